The van der Waals surface area contributed by atoms with Gasteiger partial charge in [0.25, 0.3) is 0 Å². The van der Waals surface area contributed by atoms with Gasteiger partial charge in [-0.1, -0.05) is 46.3 Å². The van der Waals surface area contributed by atoms with Gasteiger partial charge in [0.1, 0.15) is 5.78 Å². The van der Waals surface area contributed by atoms with Gasteiger partial charge < -0.3 is 0 Å². The van der Waals surface area contributed by atoms with Crippen LogP contribution in [0.15, 0.2) is 11.6 Å². The molecule has 31 heavy (non-hydrogen) atoms. The molecule has 1 heteroatoms. The Morgan fingerprint density at radius 2 is 1.61 bits per heavy atom. The second-order valence-electron chi connectivity index (χ2n) is 14.1. The molecule has 0 aromatic rings. The maximum absolute atomic E-state index is 12.8. The van der Waals surface area contributed by atoms with Crippen LogP contribution in [-0.2, 0) is 4.79 Å². The first kappa shape index (κ1) is 22.2. The number of fused-ring (bicyclic) bond motifs is 2. The van der Waals surface area contributed by atoms with Gasteiger partial charge in [0, 0.05) is 11.8 Å². The van der Waals surface area contributed by atoms with E-state index in [9.17, 15) is 4.79 Å². The highest BCUT2D eigenvalue weighted by Gasteiger charge is 2.82. The third kappa shape index (κ3) is 2.64. The van der Waals surface area contributed by atoms with E-state index in [-0.39, 0.29) is 5.41 Å². The molecule has 5 aliphatic rings. The second kappa shape index (κ2) is 6.73. The highest BCUT2D eigenvalue weighted by atomic mass is 16.1. The Kier molecular flexibility index (Phi) is 4.82. The highest BCUT2D eigenvalue weighted by molar-refractivity contribution is 5.86. The number of ketones is 1. The SMILES string of the molecule is CC(C)=CCCC(C)C1CCC2(C)C3CCC4C(C)(C)C(=O)CCC45CC35CCC12C. The fraction of sp³-hybridized carbons (Fsp3) is 0.900. The number of Topliss-reactive ketones (excluding diaryl/α,β-unsaturated/α-hetero) is 1. The molecule has 8 atom stereocenters. The average molecular weight is 425 g/mol. The van der Waals surface area contributed by atoms with E-state index in [2.05, 4.69) is 54.5 Å². The molecule has 0 radical (unpaired) electrons. The van der Waals surface area contributed by atoms with Gasteiger partial charge in [-0.25, -0.2) is 0 Å². The predicted molar refractivity (Wildman–Crippen MR) is 130 cm³/mol. The van der Waals surface area contributed by atoms with Crippen LogP contribution >= 0.6 is 0 Å². The molecule has 0 aliphatic heterocycles. The first-order valence-electron chi connectivity index (χ1n) is 13.6. The highest BCUT2D eigenvalue weighted by Crippen LogP contribution is 2.88. The second-order valence-corrected chi connectivity index (χ2v) is 14.1. The fourth-order valence-corrected chi connectivity index (χ4v) is 11.0. The lowest BCUT2D eigenvalue weighted by atomic mass is 9.42. The predicted octanol–water partition coefficient (Wildman–Crippen LogP) is 8.38. The van der Waals surface area contributed by atoms with E-state index in [1.54, 1.807) is 0 Å². The Morgan fingerprint density at radius 1 is 0.935 bits per heavy atom. The first-order chi connectivity index (χ1) is 14.4. The van der Waals surface area contributed by atoms with Crippen molar-refractivity contribution in [1.29, 1.82) is 0 Å². The van der Waals surface area contributed by atoms with Gasteiger partial charge >= 0.3 is 0 Å². The van der Waals surface area contributed by atoms with Crippen LogP contribution < -0.4 is 0 Å². The topological polar surface area (TPSA) is 17.1 Å². The van der Waals surface area contributed by atoms with Crippen molar-refractivity contribution in [3.05, 3.63) is 11.6 Å². The van der Waals surface area contributed by atoms with Crippen molar-refractivity contribution in [2.45, 2.75) is 119 Å². The summed E-state index contributed by atoms with van der Waals surface area (Å²) in [4.78, 5) is 12.8. The van der Waals surface area contributed by atoms with Crippen molar-refractivity contribution in [1.82, 2.24) is 0 Å². The summed E-state index contributed by atoms with van der Waals surface area (Å²) in [6.45, 7) is 17.1. The van der Waals surface area contributed by atoms with Gasteiger partial charge in [-0.15, -0.1) is 0 Å². The molecule has 5 aliphatic carbocycles. The van der Waals surface area contributed by atoms with E-state index in [1.165, 1.54) is 69.8 Å². The van der Waals surface area contributed by atoms with Crippen LogP contribution in [0.1, 0.15) is 119 Å². The molecule has 1 nitrogen and oxygen atoms in total. The lowest BCUT2D eigenvalue weighted by Crippen LogP contribution is -2.57. The summed E-state index contributed by atoms with van der Waals surface area (Å²) in [7, 11) is 0. The number of rotatable bonds is 4. The van der Waals surface area contributed by atoms with E-state index in [0.29, 0.717) is 33.4 Å². The Hall–Kier alpha value is -0.590. The first-order valence-corrected chi connectivity index (χ1v) is 13.6. The van der Waals surface area contributed by atoms with Crippen LogP contribution in [0, 0.1) is 50.7 Å². The van der Waals surface area contributed by atoms with Crippen LogP contribution in [0.4, 0.5) is 0 Å². The van der Waals surface area contributed by atoms with Crippen molar-refractivity contribution in [3.8, 4) is 0 Å². The zero-order valence-electron chi connectivity index (χ0n) is 21.6. The molecule has 5 fully saturated rings. The van der Waals surface area contributed by atoms with Crippen molar-refractivity contribution < 1.29 is 4.79 Å². The quantitative estimate of drug-likeness (QED) is 0.414. The minimum Gasteiger partial charge on any atom is -0.299 e. The summed E-state index contributed by atoms with van der Waals surface area (Å²) in [5.41, 5.74) is 3.53. The number of hydrogen-bond donors (Lipinski definition) is 0. The number of carbonyl (C=O) groups is 1. The van der Waals surface area contributed by atoms with Crippen LogP contribution in [0.2, 0.25) is 0 Å². The van der Waals surface area contributed by atoms with Crippen molar-refractivity contribution in [2.24, 2.45) is 50.7 Å². The largest absolute Gasteiger partial charge is 0.299 e. The molecule has 0 saturated heterocycles. The summed E-state index contributed by atoms with van der Waals surface area (Å²) in [5.74, 6) is 3.87. The minimum atomic E-state index is -0.0774. The van der Waals surface area contributed by atoms with E-state index in [0.717, 1.165) is 24.2 Å². The summed E-state index contributed by atoms with van der Waals surface area (Å²) in [5, 5.41) is 0. The molecule has 0 aromatic carbocycles. The maximum Gasteiger partial charge on any atom is 0.138 e. The van der Waals surface area contributed by atoms with Gasteiger partial charge in [-0.3, -0.25) is 4.79 Å². The molecule has 5 saturated carbocycles. The molecule has 0 aromatic heterocycles. The molecule has 2 spiro atoms. The molecule has 0 bridgehead atoms. The Labute approximate surface area is 192 Å². The van der Waals surface area contributed by atoms with Crippen LogP contribution in [0.25, 0.3) is 0 Å². The van der Waals surface area contributed by atoms with E-state index in [1.807, 2.05) is 0 Å². The summed E-state index contributed by atoms with van der Waals surface area (Å²) in [6.07, 6.45) is 17.1. The molecule has 8 unspecified atom stereocenters. The molecule has 0 amide bonds. The van der Waals surface area contributed by atoms with Crippen molar-refractivity contribution >= 4 is 5.78 Å². The van der Waals surface area contributed by atoms with Crippen LogP contribution in [-0.4, -0.2) is 5.78 Å². The molecule has 174 valence electrons. The van der Waals surface area contributed by atoms with E-state index < -0.39 is 0 Å². The van der Waals surface area contributed by atoms with Gasteiger partial charge in [-0.05, 0) is 123 Å². The lowest BCUT2D eigenvalue weighted by Gasteiger charge is -2.62. The number of allylic oxidation sites excluding steroid dienone is 2. The minimum absolute atomic E-state index is 0.0774. The average Bonchev–Trinajstić information content (AvgIpc) is 3.27. The normalized spacial score (nSPS) is 50.5. The van der Waals surface area contributed by atoms with Gasteiger partial charge in [0.05, 0.1) is 0 Å². The number of carbonyl (C=O) groups excluding carboxylic acids is 1. The maximum atomic E-state index is 12.8. The van der Waals surface area contributed by atoms with Gasteiger partial charge in [0.2, 0.25) is 0 Å². The molecule has 5 rings (SSSR count). The third-order valence-corrected chi connectivity index (χ3v) is 12.8. The van der Waals surface area contributed by atoms with Crippen molar-refractivity contribution in [3.63, 3.8) is 0 Å². The monoisotopic (exact) mass is 424 g/mol. The Bertz CT molecular complexity index is 801. The molecular formula is C30H48O. The summed E-state index contributed by atoms with van der Waals surface area (Å²) < 4.78 is 0. The van der Waals surface area contributed by atoms with Crippen molar-refractivity contribution in [2.75, 3.05) is 0 Å². The van der Waals surface area contributed by atoms with E-state index in [4.69, 9.17) is 0 Å². The smallest absolute Gasteiger partial charge is 0.138 e. The zero-order chi connectivity index (χ0) is 22.4. The number of hydrogen-bond acceptors (Lipinski definition) is 1. The fourth-order valence-electron chi connectivity index (χ4n) is 11.0. The Morgan fingerprint density at radius 3 is 2.32 bits per heavy atom. The summed E-state index contributed by atoms with van der Waals surface area (Å²) in [6, 6.07) is 0. The van der Waals surface area contributed by atoms with E-state index >= 15 is 0 Å². The Balaban J connectivity index is 1.41. The van der Waals surface area contributed by atoms with Crippen LogP contribution in [0.3, 0.4) is 0 Å². The van der Waals surface area contributed by atoms with Gasteiger partial charge in [0.15, 0.2) is 0 Å². The standard InChI is InChI=1S/C30H48O/c1-20(2)9-8-10-21(3)22-13-15-28(7)24-12-11-23-26(4,5)25(31)14-16-29(23)19-30(24,29)18-17-27(22,28)6/h9,21-24H,8,10-19H2,1-7H3. The molecule has 0 heterocycles. The van der Waals surface area contributed by atoms with Gasteiger partial charge in [-0.2, -0.15) is 0 Å². The van der Waals surface area contributed by atoms with Crippen LogP contribution in [0.5, 0.6) is 0 Å². The zero-order valence-corrected chi connectivity index (χ0v) is 21.6. The molecule has 0 N–H and O–H groups in total. The summed E-state index contributed by atoms with van der Waals surface area (Å²) >= 11 is 0. The molecular weight excluding hydrogens is 376 g/mol. The lowest BCUT2D eigenvalue weighted by molar-refractivity contribution is -0.157. The third-order valence-electron chi connectivity index (χ3n) is 12.8.